The van der Waals surface area contributed by atoms with E-state index in [0.29, 0.717) is 23.6 Å². The number of carbonyl (C=O) groups is 2. The van der Waals surface area contributed by atoms with Gasteiger partial charge < -0.3 is 25.8 Å². The molecule has 10 nitrogen and oxygen atoms in total. The van der Waals surface area contributed by atoms with Crippen LogP contribution in [0.25, 0.3) is 10.8 Å². The summed E-state index contributed by atoms with van der Waals surface area (Å²) in [5.74, 6) is -1.28. The summed E-state index contributed by atoms with van der Waals surface area (Å²) in [6.45, 7) is 6.47. The molecule has 0 radical (unpaired) electrons. The lowest BCUT2D eigenvalue weighted by Gasteiger charge is -2.35. The third-order valence-corrected chi connectivity index (χ3v) is 13.2. The number of sulfone groups is 1. The van der Waals surface area contributed by atoms with Crippen LogP contribution in [0.1, 0.15) is 90.3 Å². The molecule has 2 aromatic carbocycles. The second-order valence-corrected chi connectivity index (χ2v) is 17.9. The lowest BCUT2D eigenvalue weighted by molar-refractivity contribution is -0.132. The molecule has 2 aliphatic carbocycles. The van der Waals surface area contributed by atoms with Crippen LogP contribution in [0.3, 0.4) is 0 Å². The molecular weight excluding hydrogens is 628 g/mol. The Morgan fingerprint density at radius 2 is 1.65 bits per heavy atom. The van der Waals surface area contributed by atoms with Crippen molar-refractivity contribution in [3.63, 3.8) is 0 Å². The first-order chi connectivity index (χ1) is 22.7. The highest BCUT2D eigenvalue weighted by molar-refractivity contribution is 7.92. The predicted molar refractivity (Wildman–Crippen MR) is 187 cm³/mol. The zero-order valence-electron chi connectivity index (χ0n) is 28.6. The van der Waals surface area contributed by atoms with Gasteiger partial charge >= 0.3 is 0 Å². The molecule has 2 aliphatic rings. The van der Waals surface area contributed by atoms with Crippen LogP contribution in [-0.2, 0) is 31.3 Å². The number of carbonyl (C=O) groups excluding carboxylic acids is 2. The highest BCUT2D eigenvalue weighted by atomic mass is 32.2. The molecule has 2 saturated carbocycles. The fourth-order valence-electron chi connectivity index (χ4n) is 7.01. The van der Waals surface area contributed by atoms with Crippen LogP contribution in [0.4, 0.5) is 0 Å². The summed E-state index contributed by atoms with van der Waals surface area (Å²) in [6.07, 6.45) is 8.62. The van der Waals surface area contributed by atoms with E-state index in [1.54, 1.807) is 40.0 Å². The smallest absolute Gasteiger partial charge is 0.243 e. The van der Waals surface area contributed by atoms with E-state index in [-0.39, 0.29) is 12.3 Å². The maximum atomic E-state index is 14.6. The number of benzene rings is 2. The summed E-state index contributed by atoms with van der Waals surface area (Å²) in [5.41, 5.74) is -0.490. The van der Waals surface area contributed by atoms with Gasteiger partial charge in [-0.05, 0) is 75.1 Å². The van der Waals surface area contributed by atoms with Gasteiger partial charge in [0.2, 0.25) is 11.8 Å². The number of rotatable bonds is 14. The van der Waals surface area contributed by atoms with Crippen molar-refractivity contribution in [2.75, 3.05) is 5.75 Å². The van der Waals surface area contributed by atoms with Gasteiger partial charge in [-0.3, -0.25) is 9.59 Å². The number of aromatic amines is 1. The number of fused-ring (bicyclic) bond motifs is 1. The van der Waals surface area contributed by atoms with E-state index in [9.17, 15) is 28.2 Å². The summed E-state index contributed by atoms with van der Waals surface area (Å²) in [7, 11) is -3.82. The van der Waals surface area contributed by atoms with Crippen LogP contribution in [-0.4, -0.2) is 75.2 Å². The van der Waals surface area contributed by atoms with Gasteiger partial charge in [-0.1, -0.05) is 74.6 Å². The van der Waals surface area contributed by atoms with Crippen LogP contribution in [0.2, 0.25) is 0 Å². The van der Waals surface area contributed by atoms with E-state index in [2.05, 4.69) is 20.6 Å². The first-order valence-corrected chi connectivity index (χ1v) is 19.0. The number of hydrogen-bond donors (Lipinski definition) is 5. The third-order valence-electron chi connectivity index (χ3n) is 10.4. The van der Waals surface area contributed by atoms with Gasteiger partial charge in [0, 0.05) is 12.6 Å². The Kier molecular flexibility index (Phi) is 11.0. The second kappa shape index (κ2) is 14.7. The molecule has 0 aliphatic heterocycles. The Morgan fingerprint density at radius 3 is 2.29 bits per heavy atom. The zero-order chi connectivity index (χ0) is 34.7. The number of aromatic nitrogens is 2. The van der Waals surface area contributed by atoms with Crippen LogP contribution in [0.15, 0.2) is 55.0 Å². The Morgan fingerprint density at radius 1 is 0.958 bits per heavy atom. The molecule has 5 rings (SSSR count). The number of nitrogens with one attached hydrogen (secondary N) is 3. The Hall–Kier alpha value is -3.28. The molecule has 0 unspecified atom stereocenters. The van der Waals surface area contributed by atoms with Gasteiger partial charge in [-0.2, -0.15) is 0 Å². The molecule has 1 aromatic heterocycles. The minimum absolute atomic E-state index is 0.0106. The number of aliphatic hydroxyl groups excluding tert-OH is 2. The number of nitrogens with zero attached hydrogens (tertiary/aromatic N) is 1. The van der Waals surface area contributed by atoms with Gasteiger partial charge in [-0.25, -0.2) is 13.4 Å². The first kappa shape index (κ1) is 36.0. The van der Waals surface area contributed by atoms with Crippen molar-refractivity contribution in [1.29, 1.82) is 0 Å². The molecule has 0 spiro atoms. The van der Waals surface area contributed by atoms with E-state index < -0.39 is 61.9 Å². The van der Waals surface area contributed by atoms with Crippen LogP contribution < -0.4 is 10.6 Å². The quantitative estimate of drug-likeness (QED) is 0.169. The van der Waals surface area contributed by atoms with Gasteiger partial charge in [-0.15, -0.1) is 0 Å². The van der Waals surface area contributed by atoms with Crippen molar-refractivity contribution in [2.45, 2.75) is 120 Å². The van der Waals surface area contributed by atoms with Gasteiger partial charge in [0.1, 0.15) is 12.1 Å². The molecule has 5 atom stereocenters. The number of imidazole rings is 1. The van der Waals surface area contributed by atoms with E-state index in [1.807, 2.05) is 36.4 Å². The average Bonchev–Trinajstić information content (AvgIpc) is 3.78. The highest BCUT2D eigenvalue weighted by Crippen LogP contribution is 2.37. The van der Waals surface area contributed by atoms with Gasteiger partial charge in [0.25, 0.3) is 0 Å². The highest BCUT2D eigenvalue weighted by Gasteiger charge is 2.46. The normalized spacial score (nSPS) is 20.0. The van der Waals surface area contributed by atoms with Crippen molar-refractivity contribution in [1.82, 2.24) is 20.6 Å². The average molecular weight is 681 g/mol. The maximum Gasteiger partial charge on any atom is 0.243 e. The standard InChI is InChI=1S/C37H52N4O6S/c1-36(2,3)48(46,47)22-37(4,29-16-10-14-25-13-8-9-15-28(25)29)35(45)41-31(20-27-21-38-23-39-27)34(44)40-30(19-24-11-6-5-7-12-24)33(43)32(42)26-17-18-26/h8-10,13-16,21,23-24,26,30-33,42-43H,5-7,11-12,17-20,22H2,1-4H3,(H,38,39)(H,40,44)(H,41,45)/t30-,31-,32-,33+,37-/m0/s1. The number of hydrogen-bond acceptors (Lipinski definition) is 7. The van der Waals surface area contributed by atoms with Crippen molar-refractivity contribution >= 4 is 32.4 Å². The van der Waals surface area contributed by atoms with Crippen molar-refractivity contribution in [2.24, 2.45) is 11.8 Å². The summed E-state index contributed by atoms with van der Waals surface area (Å²) in [6, 6.07) is 11.2. The maximum absolute atomic E-state index is 14.6. The summed E-state index contributed by atoms with van der Waals surface area (Å²) in [5, 5.41) is 29.8. The van der Waals surface area contributed by atoms with Crippen LogP contribution >= 0.6 is 0 Å². The molecule has 48 heavy (non-hydrogen) atoms. The largest absolute Gasteiger partial charge is 0.390 e. The molecule has 0 bridgehead atoms. The summed E-state index contributed by atoms with van der Waals surface area (Å²) < 4.78 is 26.4. The molecule has 5 N–H and O–H groups in total. The summed E-state index contributed by atoms with van der Waals surface area (Å²) >= 11 is 0. The minimum Gasteiger partial charge on any atom is -0.390 e. The monoisotopic (exact) mass is 680 g/mol. The molecule has 2 fully saturated rings. The number of aliphatic hydroxyl groups is 2. The molecule has 1 heterocycles. The molecule has 11 heteroatoms. The summed E-state index contributed by atoms with van der Waals surface area (Å²) in [4.78, 5) is 36.0. The molecule has 2 amide bonds. The van der Waals surface area contributed by atoms with E-state index in [4.69, 9.17) is 0 Å². The lowest BCUT2D eigenvalue weighted by atomic mass is 9.80. The van der Waals surface area contributed by atoms with Gasteiger partial charge in [0.15, 0.2) is 9.84 Å². The molecule has 3 aromatic rings. The molecule has 0 saturated heterocycles. The van der Waals surface area contributed by atoms with E-state index >= 15 is 0 Å². The predicted octanol–water partition coefficient (Wildman–Crippen LogP) is 4.35. The minimum atomic E-state index is -3.82. The number of H-pyrrole nitrogens is 1. The fourth-order valence-corrected chi connectivity index (χ4v) is 8.49. The number of amides is 2. The Bertz CT molecular complexity index is 1650. The second-order valence-electron chi connectivity index (χ2n) is 15.2. The lowest BCUT2D eigenvalue weighted by Crippen LogP contribution is -2.59. The molecular formula is C37H52N4O6S. The first-order valence-electron chi connectivity index (χ1n) is 17.4. The fraction of sp³-hybridized carbons (Fsp3) is 0.595. The van der Waals surface area contributed by atoms with Crippen LogP contribution in [0.5, 0.6) is 0 Å². The SMILES string of the molecule is CC(C)(C)S(=O)(=O)C[C@](C)(C(=O)N[C@@H](Cc1c[nH]cn1)C(=O)N[C@@H](CC1CCCCC1)[C@@H](O)[C@@H](O)C1CC1)c1cccc2ccccc12. The topological polar surface area (TPSA) is 161 Å². The van der Waals surface area contributed by atoms with Crippen molar-refractivity contribution < 1.29 is 28.2 Å². The zero-order valence-corrected chi connectivity index (χ0v) is 29.4. The third kappa shape index (κ3) is 8.29. The van der Waals surface area contributed by atoms with Crippen molar-refractivity contribution in [3.05, 3.63) is 66.2 Å². The van der Waals surface area contributed by atoms with E-state index in [0.717, 1.165) is 49.3 Å². The van der Waals surface area contributed by atoms with Crippen LogP contribution in [0, 0.1) is 11.8 Å². The van der Waals surface area contributed by atoms with E-state index in [1.165, 1.54) is 12.7 Å². The van der Waals surface area contributed by atoms with Crippen molar-refractivity contribution in [3.8, 4) is 0 Å². The Balaban J connectivity index is 1.48. The Labute approximate surface area is 284 Å². The molecule has 262 valence electrons. The van der Waals surface area contributed by atoms with Gasteiger partial charge in [0.05, 0.1) is 40.1 Å².